The van der Waals surface area contributed by atoms with Crippen LogP contribution in [0, 0.1) is 0 Å². The molecule has 7 nitrogen and oxygen atoms in total. The maximum absolute atomic E-state index is 10.8. The topological polar surface area (TPSA) is 112 Å². The van der Waals surface area contributed by atoms with Crippen molar-refractivity contribution < 1.29 is 24.9 Å². The zero-order chi connectivity index (χ0) is 13.7. The number of aromatic carboxylic acids is 1. The number of aliphatic hydroxyl groups excluding tert-OH is 1. The number of rotatable bonds is 3. The molecule has 0 aliphatic rings. The summed E-state index contributed by atoms with van der Waals surface area (Å²) in [5.74, 6) is -2.06. The normalized spacial score (nSPS) is 9.67. The van der Waals surface area contributed by atoms with Crippen molar-refractivity contribution in [1.82, 2.24) is 9.38 Å². The molecule has 96 valence electrons. The van der Waals surface area contributed by atoms with Crippen LogP contribution in [0.2, 0.25) is 0 Å². The Morgan fingerprint density at radius 3 is 2.50 bits per heavy atom. The Morgan fingerprint density at radius 1 is 1.28 bits per heavy atom. The van der Waals surface area contributed by atoms with Gasteiger partial charge >= 0.3 is 11.9 Å². The van der Waals surface area contributed by atoms with Crippen molar-refractivity contribution in [2.45, 2.75) is 6.42 Å². The van der Waals surface area contributed by atoms with Crippen LogP contribution in [0.1, 0.15) is 16.1 Å². The van der Waals surface area contributed by atoms with Gasteiger partial charge in [-0.1, -0.05) is 6.07 Å². The smallest absolute Gasteiger partial charge is 0.354 e. The highest BCUT2D eigenvalue weighted by atomic mass is 16.4. The van der Waals surface area contributed by atoms with Gasteiger partial charge in [0.2, 0.25) is 0 Å². The van der Waals surface area contributed by atoms with Crippen LogP contribution in [0.4, 0.5) is 0 Å². The number of imidazole rings is 1. The Balaban J connectivity index is 0.000000771. The summed E-state index contributed by atoms with van der Waals surface area (Å²) in [5.41, 5.74) is 1.02. The summed E-state index contributed by atoms with van der Waals surface area (Å²) in [6.45, 7) is 0. The van der Waals surface area contributed by atoms with E-state index in [1.807, 2.05) is 0 Å². The monoisotopic (exact) mass is 252 g/mol. The number of hydrogen-bond acceptors (Lipinski definition) is 4. The van der Waals surface area contributed by atoms with Crippen molar-refractivity contribution in [3.05, 3.63) is 35.8 Å². The zero-order valence-corrected chi connectivity index (χ0v) is 9.57. The number of aliphatic hydroxyl groups is 1. The fourth-order valence-electron chi connectivity index (χ4n) is 1.46. The third-order valence-electron chi connectivity index (χ3n) is 2.14. The summed E-state index contributed by atoms with van der Waals surface area (Å²) >= 11 is 0. The second-order valence-corrected chi connectivity index (χ2v) is 3.28. The number of nitrogens with zero attached hydrogens (tertiary/aromatic N) is 2. The van der Waals surface area contributed by atoms with Gasteiger partial charge in [-0.25, -0.2) is 9.78 Å². The van der Waals surface area contributed by atoms with Crippen molar-refractivity contribution in [2.24, 2.45) is 0 Å². The van der Waals surface area contributed by atoms with E-state index in [-0.39, 0.29) is 12.1 Å². The largest absolute Gasteiger partial charge is 0.481 e. The molecule has 0 saturated heterocycles. The molecule has 2 heterocycles. The second-order valence-electron chi connectivity index (χ2n) is 3.28. The highest BCUT2D eigenvalue weighted by molar-refractivity contribution is 5.86. The quantitative estimate of drug-likeness (QED) is 0.722. The lowest BCUT2D eigenvalue weighted by molar-refractivity contribution is -0.136. The summed E-state index contributed by atoms with van der Waals surface area (Å²) in [7, 11) is 1.00. The molecule has 0 aliphatic carbocycles. The van der Waals surface area contributed by atoms with Crippen LogP contribution in [0.3, 0.4) is 0 Å². The molecule has 2 aromatic heterocycles. The third-order valence-corrected chi connectivity index (χ3v) is 2.14. The SMILES string of the molecule is CO.O=C(O)Cc1ccc2ncc(C(=O)O)n2c1. The lowest BCUT2D eigenvalue weighted by atomic mass is 10.2. The lowest BCUT2D eigenvalue weighted by Gasteiger charge is -2.00. The Labute approximate surface area is 102 Å². The van der Waals surface area contributed by atoms with E-state index < -0.39 is 11.9 Å². The molecule has 2 aromatic rings. The first kappa shape index (κ1) is 13.7. The average molecular weight is 252 g/mol. The molecule has 0 saturated carbocycles. The van der Waals surface area contributed by atoms with E-state index in [4.69, 9.17) is 15.3 Å². The maximum atomic E-state index is 10.8. The standard InChI is InChI=1S/C10H8N2O4.CH4O/c13-9(14)3-6-1-2-8-11-4-7(10(15)16)12(8)5-6;1-2/h1-2,4-5H,3H2,(H,13,14)(H,15,16);2H,1H3. The average Bonchev–Trinajstić information content (AvgIpc) is 2.74. The molecule has 0 amide bonds. The fourth-order valence-corrected chi connectivity index (χ4v) is 1.46. The molecule has 0 atom stereocenters. The summed E-state index contributed by atoms with van der Waals surface area (Å²) in [5, 5.41) is 24.5. The predicted octanol–water partition coefficient (Wildman–Crippen LogP) is 0.268. The molecule has 7 heteroatoms. The number of carboxylic acids is 2. The summed E-state index contributed by atoms with van der Waals surface area (Å²) < 4.78 is 1.36. The van der Waals surface area contributed by atoms with Crippen LogP contribution in [0.15, 0.2) is 24.5 Å². The van der Waals surface area contributed by atoms with Gasteiger partial charge in [0.15, 0.2) is 5.69 Å². The van der Waals surface area contributed by atoms with E-state index in [1.165, 1.54) is 16.8 Å². The Hall–Kier alpha value is -2.41. The predicted molar refractivity (Wildman–Crippen MR) is 61.6 cm³/mol. The highest BCUT2D eigenvalue weighted by Crippen LogP contribution is 2.09. The number of hydrogen-bond donors (Lipinski definition) is 3. The van der Waals surface area contributed by atoms with E-state index >= 15 is 0 Å². The summed E-state index contributed by atoms with van der Waals surface area (Å²) in [6.07, 6.45) is 2.56. The van der Waals surface area contributed by atoms with Gasteiger partial charge in [-0.3, -0.25) is 9.20 Å². The number of pyridine rings is 1. The van der Waals surface area contributed by atoms with Gasteiger partial charge in [-0.2, -0.15) is 0 Å². The van der Waals surface area contributed by atoms with Crippen molar-refractivity contribution >= 4 is 17.6 Å². The van der Waals surface area contributed by atoms with Crippen LogP contribution in [-0.4, -0.2) is 43.8 Å². The molecular weight excluding hydrogens is 240 g/mol. The molecule has 0 aromatic carbocycles. The van der Waals surface area contributed by atoms with Crippen molar-refractivity contribution in [1.29, 1.82) is 0 Å². The minimum atomic E-state index is -1.10. The van der Waals surface area contributed by atoms with Crippen LogP contribution in [0.5, 0.6) is 0 Å². The van der Waals surface area contributed by atoms with E-state index in [0.29, 0.717) is 11.2 Å². The second kappa shape index (κ2) is 5.78. The van der Waals surface area contributed by atoms with Crippen molar-refractivity contribution in [3.63, 3.8) is 0 Å². The van der Waals surface area contributed by atoms with Crippen LogP contribution < -0.4 is 0 Å². The molecule has 0 unspecified atom stereocenters. The third kappa shape index (κ3) is 2.83. The highest BCUT2D eigenvalue weighted by Gasteiger charge is 2.11. The molecule has 0 aliphatic heterocycles. The van der Waals surface area contributed by atoms with Gasteiger partial charge in [0.1, 0.15) is 5.65 Å². The molecule has 18 heavy (non-hydrogen) atoms. The van der Waals surface area contributed by atoms with Crippen molar-refractivity contribution in [3.8, 4) is 0 Å². The minimum absolute atomic E-state index is 0.0160. The minimum Gasteiger partial charge on any atom is -0.481 e. The van der Waals surface area contributed by atoms with E-state index in [9.17, 15) is 9.59 Å². The first-order valence-corrected chi connectivity index (χ1v) is 4.94. The van der Waals surface area contributed by atoms with Crippen LogP contribution in [0.25, 0.3) is 5.65 Å². The Morgan fingerprint density at radius 2 is 1.94 bits per heavy atom. The zero-order valence-electron chi connectivity index (χ0n) is 9.57. The number of aliphatic carboxylic acids is 1. The van der Waals surface area contributed by atoms with Gasteiger partial charge < -0.3 is 15.3 Å². The number of fused-ring (bicyclic) bond motifs is 1. The Bertz CT molecular complexity index is 576. The fraction of sp³-hybridized carbons (Fsp3) is 0.182. The van der Waals surface area contributed by atoms with Crippen LogP contribution in [-0.2, 0) is 11.2 Å². The first-order valence-electron chi connectivity index (χ1n) is 4.94. The van der Waals surface area contributed by atoms with Gasteiger partial charge in [0.05, 0.1) is 12.6 Å². The van der Waals surface area contributed by atoms with Gasteiger partial charge in [-0.05, 0) is 11.6 Å². The molecule has 0 bridgehead atoms. The molecule has 3 N–H and O–H groups in total. The van der Waals surface area contributed by atoms with Gasteiger partial charge in [0, 0.05) is 13.3 Å². The molecule has 0 radical (unpaired) electrons. The van der Waals surface area contributed by atoms with Crippen LogP contribution >= 0.6 is 0 Å². The van der Waals surface area contributed by atoms with Gasteiger partial charge in [0.25, 0.3) is 0 Å². The lowest BCUT2D eigenvalue weighted by Crippen LogP contribution is -2.04. The number of aromatic nitrogens is 2. The summed E-state index contributed by atoms with van der Waals surface area (Å²) in [6, 6.07) is 3.20. The molecule has 2 rings (SSSR count). The van der Waals surface area contributed by atoms with Crippen molar-refractivity contribution in [2.75, 3.05) is 7.11 Å². The van der Waals surface area contributed by atoms with Gasteiger partial charge in [-0.15, -0.1) is 0 Å². The molecule has 0 spiro atoms. The molecule has 0 fully saturated rings. The van der Waals surface area contributed by atoms with E-state index in [1.54, 1.807) is 12.1 Å². The number of carbonyl (C=O) groups is 2. The van der Waals surface area contributed by atoms with E-state index in [0.717, 1.165) is 7.11 Å². The maximum Gasteiger partial charge on any atom is 0.354 e. The summed E-state index contributed by atoms with van der Waals surface area (Å²) in [4.78, 5) is 25.2. The molecular formula is C11H12N2O5. The number of carboxylic acid groups (broad SMARTS) is 2. The Kier molecular flexibility index (Phi) is 4.39. The van der Waals surface area contributed by atoms with E-state index in [2.05, 4.69) is 4.98 Å². The first-order chi connectivity index (χ1) is 8.58.